The van der Waals surface area contributed by atoms with Crippen LogP contribution in [-0.4, -0.2) is 37.0 Å². The summed E-state index contributed by atoms with van der Waals surface area (Å²) < 4.78 is 0. The number of nitrogens with one attached hydrogen (secondary N) is 1. The minimum absolute atomic E-state index is 0.247. The molecule has 1 rings (SSSR count). The molecule has 33 heavy (non-hydrogen) atoms. The van der Waals surface area contributed by atoms with Crippen molar-refractivity contribution in [3.63, 3.8) is 0 Å². The molecule has 0 radical (unpaired) electrons. The molecule has 1 amide bonds. The number of nitrogens with zero attached hydrogens (tertiary/aromatic N) is 1. The van der Waals surface area contributed by atoms with Gasteiger partial charge in [0.15, 0.2) is 0 Å². The van der Waals surface area contributed by atoms with Crippen molar-refractivity contribution in [3.05, 3.63) is 23.9 Å². The topological polar surface area (TPSA) is 58.4 Å². The highest BCUT2D eigenvalue weighted by Crippen LogP contribution is 2.39. The smallest absolute Gasteiger partial charge is 0.227 e. The molecule has 4 heteroatoms. The van der Waals surface area contributed by atoms with Crippen LogP contribution in [0.25, 0.3) is 0 Å². The molecule has 0 aromatic carbocycles. The molecule has 1 heterocycles. The van der Waals surface area contributed by atoms with Crippen LogP contribution in [0.2, 0.25) is 0 Å². The van der Waals surface area contributed by atoms with E-state index in [0.29, 0.717) is 25.4 Å². The quantitative estimate of drug-likeness (QED) is 0.143. The van der Waals surface area contributed by atoms with Crippen molar-refractivity contribution in [2.75, 3.05) is 26.2 Å². The third-order valence-electron chi connectivity index (χ3n) is 7.27. The first kappa shape index (κ1) is 29.9. The van der Waals surface area contributed by atoms with Crippen molar-refractivity contribution in [2.24, 2.45) is 17.6 Å². The minimum atomic E-state index is 0.247. The second kappa shape index (κ2) is 19.2. The molecule has 1 saturated heterocycles. The van der Waals surface area contributed by atoms with Gasteiger partial charge in [-0.05, 0) is 32.1 Å². The minimum Gasteiger partial charge on any atom is -0.329 e. The number of hydrogen-bond acceptors (Lipinski definition) is 3. The van der Waals surface area contributed by atoms with Gasteiger partial charge >= 0.3 is 0 Å². The Labute approximate surface area is 205 Å². The summed E-state index contributed by atoms with van der Waals surface area (Å²) in [5.74, 6) is 0.967. The molecule has 0 aromatic rings. The molecular formula is C29H55N3O. The fraction of sp³-hybridized carbons (Fsp3) is 0.828. The second-order valence-corrected chi connectivity index (χ2v) is 10.1. The Hall–Kier alpha value is -1.13. The van der Waals surface area contributed by atoms with Gasteiger partial charge < -0.3 is 16.0 Å². The maximum absolute atomic E-state index is 12.8. The summed E-state index contributed by atoms with van der Waals surface area (Å²) in [6, 6.07) is 0. The molecule has 0 aromatic heterocycles. The van der Waals surface area contributed by atoms with Crippen LogP contribution in [-0.2, 0) is 4.79 Å². The van der Waals surface area contributed by atoms with E-state index in [9.17, 15) is 4.79 Å². The predicted octanol–water partition coefficient (Wildman–Crippen LogP) is 6.96. The molecule has 1 aliphatic rings. The van der Waals surface area contributed by atoms with E-state index in [1.165, 1.54) is 95.5 Å². The van der Waals surface area contributed by atoms with Crippen LogP contribution in [0.15, 0.2) is 23.9 Å². The zero-order valence-electron chi connectivity index (χ0n) is 22.3. The number of hydrogen-bond donors (Lipinski definition) is 2. The van der Waals surface area contributed by atoms with Gasteiger partial charge in [-0.2, -0.15) is 0 Å². The number of allylic oxidation sites excluding steroid dienone is 3. The van der Waals surface area contributed by atoms with Crippen LogP contribution in [0.1, 0.15) is 117 Å². The average molecular weight is 462 g/mol. The van der Waals surface area contributed by atoms with Gasteiger partial charge in [0, 0.05) is 44.2 Å². The van der Waals surface area contributed by atoms with Crippen molar-refractivity contribution < 1.29 is 4.79 Å². The van der Waals surface area contributed by atoms with E-state index in [-0.39, 0.29) is 11.8 Å². The molecule has 4 nitrogen and oxygen atoms in total. The Morgan fingerprint density at radius 3 is 2.27 bits per heavy atom. The molecule has 1 fully saturated rings. The number of rotatable bonds is 21. The molecule has 0 saturated carbocycles. The van der Waals surface area contributed by atoms with Gasteiger partial charge in [0.2, 0.25) is 5.91 Å². The number of carbonyl (C=O) groups is 1. The van der Waals surface area contributed by atoms with Crippen LogP contribution in [0.4, 0.5) is 0 Å². The van der Waals surface area contributed by atoms with E-state index in [4.69, 9.17) is 5.73 Å². The fourth-order valence-electron chi connectivity index (χ4n) is 5.13. The Morgan fingerprint density at radius 1 is 1.03 bits per heavy atom. The van der Waals surface area contributed by atoms with E-state index in [0.717, 1.165) is 18.8 Å². The second-order valence-electron chi connectivity index (χ2n) is 10.1. The molecule has 2 atom stereocenters. The number of nitrogens with two attached hydrogens (primary N) is 1. The molecule has 3 N–H and O–H groups in total. The maximum Gasteiger partial charge on any atom is 0.227 e. The van der Waals surface area contributed by atoms with E-state index in [1.54, 1.807) is 0 Å². The predicted molar refractivity (Wildman–Crippen MR) is 144 cm³/mol. The Kier molecular flexibility index (Phi) is 17.4. The van der Waals surface area contributed by atoms with E-state index in [2.05, 4.69) is 38.7 Å². The monoisotopic (exact) mass is 461 g/mol. The summed E-state index contributed by atoms with van der Waals surface area (Å²) in [4.78, 5) is 14.8. The number of likely N-dealkylation sites (tertiary alicyclic amines) is 1. The van der Waals surface area contributed by atoms with Crippen LogP contribution < -0.4 is 11.1 Å². The third kappa shape index (κ3) is 12.2. The van der Waals surface area contributed by atoms with Crippen molar-refractivity contribution in [1.29, 1.82) is 0 Å². The zero-order chi connectivity index (χ0) is 24.3. The maximum atomic E-state index is 12.8. The Balaban J connectivity index is 2.67. The summed E-state index contributed by atoms with van der Waals surface area (Å²) in [5, 5.41) is 3.31. The molecule has 0 aliphatic carbocycles. The number of unbranched alkanes of at least 4 members (excludes halogenated alkanes) is 11. The number of amides is 1. The Bertz CT molecular complexity index is 557. The van der Waals surface area contributed by atoms with E-state index < -0.39 is 0 Å². The molecule has 0 spiro atoms. The molecular weight excluding hydrogens is 406 g/mol. The first-order valence-corrected chi connectivity index (χ1v) is 14.1. The van der Waals surface area contributed by atoms with Crippen LogP contribution in [0, 0.1) is 11.8 Å². The van der Waals surface area contributed by atoms with Gasteiger partial charge in [-0.1, -0.05) is 103 Å². The summed E-state index contributed by atoms with van der Waals surface area (Å²) in [6.45, 7) is 14.2. The van der Waals surface area contributed by atoms with Crippen LogP contribution >= 0.6 is 0 Å². The van der Waals surface area contributed by atoms with Crippen LogP contribution in [0.3, 0.4) is 0 Å². The molecule has 0 bridgehead atoms. The summed E-state index contributed by atoms with van der Waals surface area (Å²) in [6.07, 6.45) is 21.4. The number of carbonyl (C=O) groups excluding carboxylic acids is 1. The Morgan fingerprint density at radius 2 is 1.64 bits per heavy atom. The average Bonchev–Trinajstić information content (AvgIpc) is 3.08. The largest absolute Gasteiger partial charge is 0.329 e. The van der Waals surface area contributed by atoms with Crippen molar-refractivity contribution in [1.82, 2.24) is 10.2 Å². The summed E-state index contributed by atoms with van der Waals surface area (Å²) >= 11 is 0. The third-order valence-corrected chi connectivity index (χ3v) is 7.27. The normalized spacial score (nSPS) is 17.9. The highest BCUT2D eigenvalue weighted by Gasteiger charge is 2.38. The molecule has 1 aliphatic heterocycles. The van der Waals surface area contributed by atoms with Crippen molar-refractivity contribution in [3.8, 4) is 0 Å². The van der Waals surface area contributed by atoms with Gasteiger partial charge in [-0.25, -0.2) is 0 Å². The first-order valence-electron chi connectivity index (χ1n) is 14.1. The molecule has 192 valence electrons. The molecule has 2 unspecified atom stereocenters. The summed E-state index contributed by atoms with van der Waals surface area (Å²) in [7, 11) is 0. The highest BCUT2D eigenvalue weighted by atomic mass is 16.2. The standard InChI is InChI=1S/C29H55N3O/c1-5-7-9-11-13-15-17-19-27(25(3)18-16-14-12-10-8-6-2)28-24-29(33)32(26(28)4)23-22-31-21-20-30/h18,27-28,31H,4-17,19-24,30H2,1-3H3/b25-18+. The van der Waals surface area contributed by atoms with Crippen molar-refractivity contribution in [2.45, 2.75) is 117 Å². The van der Waals surface area contributed by atoms with E-state index >= 15 is 0 Å². The van der Waals surface area contributed by atoms with Gasteiger partial charge in [0.1, 0.15) is 0 Å². The van der Waals surface area contributed by atoms with Gasteiger partial charge in [-0.15, -0.1) is 0 Å². The van der Waals surface area contributed by atoms with E-state index in [1.807, 2.05) is 4.90 Å². The lowest BCUT2D eigenvalue weighted by Gasteiger charge is -2.27. The van der Waals surface area contributed by atoms with Crippen LogP contribution in [0.5, 0.6) is 0 Å². The SMILES string of the molecule is C=C1C(C(CCCCCCCCC)/C(C)=C/CCCCCCC)CC(=O)N1CCNCCN. The lowest BCUT2D eigenvalue weighted by Crippen LogP contribution is -2.34. The lowest BCUT2D eigenvalue weighted by atomic mass is 9.80. The first-order chi connectivity index (χ1) is 16.1. The van der Waals surface area contributed by atoms with Gasteiger partial charge in [-0.3, -0.25) is 4.79 Å². The summed E-state index contributed by atoms with van der Waals surface area (Å²) in [5.41, 5.74) is 8.10. The van der Waals surface area contributed by atoms with Gasteiger partial charge in [0.05, 0.1) is 0 Å². The van der Waals surface area contributed by atoms with Crippen molar-refractivity contribution >= 4 is 5.91 Å². The van der Waals surface area contributed by atoms with Gasteiger partial charge in [0.25, 0.3) is 0 Å². The lowest BCUT2D eigenvalue weighted by molar-refractivity contribution is -0.126. The fourth-order valence-corrected chi connectivity index (χ4v) is 5.13. The zero-order valence-corrected chi connectivity index (χ0v) is 22.3. The highest BCUT2D eigenvalue weighted by molar-refractivity contribution is 5.82.